The van der Waals surface area contributed by atoms with Crippen LogP contribution in [0.25, 0.3) is 0 Å². The molecule has 0 fully saturated rings. The number of hydrogen-bond donors (Lipinski definition) is 0. The maximum absolute atomic E-state index is 2.89. The monoisotopic (exact) mass is 353 g/mol. The molecule has 3 atom stereocenters. The first-order valence-electron chi connectivity index (χ1n) is 11.9. The first-order valence-corrected chi connectivity index (χ1v) is 11.9. The maximum Gasteiger partial charge on any atom is 0.000979 e. The van der Waals surface area contributed by atoms with Crippen LogP contribution in [0.1, 0.15) is 119 Å². The minimum Gasteiger partial charge on any atom is -0.303 e. The van der Waals surface area contributed by atoms with E-state index in [2.05, 4.69) is 46.4 Å². The highest BCUT2D eigenvalue weighted by Crippen LogP contribution is 2.22. The van der Waals surface area contributed by atoms with E-state index in [0.29, 0.717) is 0 Å². The molecule has 0 aromatic heterocycles. The Bertz CT molecular complexity index is 220. The van der Waals surface area contributed by atoms with Gasteiger partial charge in [0.25, 0.3) is 0 Å². The summed E-state index contributed by atoms with van der Waals surface area (Å²) in [5.74, 6) is 2.73. The van der Waals surface area contributed by atoms with Crippen molar-refractivity contribution < 1.29 is 0 Å². The summed E-state index contributed by atoms with van der Waals surface area (Å²) in [6.07, 6.45) is 16.6. The zero-order chi connectivity index (χ0) is 18.9. The molecule has 0 aliphatic rings. The fourth-order valence-electron chi connectivity index (χ4n) is 4.07. The van der Waals surface area contributed by atoms with Gasteiger partial charge in [-0.1, -0.05) is 99.3 Å². The molecule has 0 aromatic carbocycles. The van der Waals surface area contributed by atoms with Crippen molar-refractivity contribution in [3.63, 3.8) is 0 Å². The Kier molecular flexibility index (Phi) is 17.3. The third-order valence-corrected chi connectivity index (χ3v) is 6.18. The summed E-state index contributed by atoms with van der Waals surface area (Å²) in [5, 5.41) is 0. The molecular formula is C24H51N. The van der Waals surface area contributed by atoms with E-state index in [0.717, 1.165) is 17.8 Å². The van der Waals surface area contributed by atoms with E-state index < -0.39 is 0 Å². The van der Waals surface area contributed by atoms with Crippen molar-refractivity contribution in [2.24, 2.45) is 17.8 Å². The third kappa shape index (κ3) is 12.9. The summed E-state index contributed by atoms with van der Waals surface area (Å²) in [6, 6.07) is 0. The van der Waals surface area contributed by atoms with Gasteiger partial charge in [-0.3, -0.25) is 0 Å². The summed E-state index contributed by atoms with van der Waals surface area (Å²) < 4.78 is 0. The largest absolute Gasteiger partial charge is 0.303 e. The highest BCUT2D eigenvalue weighted by Gasteiger charge is 2.19. The SMILES string of the molecule is CCCC[C@H](CC)CN(C[C@@H](CC)CCCC)C[C@@H](CC)CCCC. The van der Waals surface area contributed by atoms with Crippen molar-refractivity contribution in [1.82, 2.24) is 4.90 Å². The Morgan fingerprint density at radius 1 is 0.480 bits per heavy atom. The average Bonchev–Trinajstić information content (AvgIpc) is 2.64. The smallest absolute Gasteiger partial charge is 0.000979 e. The van der Waals surface area contributed by atoms with Gasteiger partial charge in [0.05, 0.1) is 0 Å². The van der Waals surface area contributed by atoms with Gasteiger partial charge in [-0.2, -0.15) is 0 Å². The average molecular weight is 354 g/mol. The first-order chi connectivity index (χ1) is 12.1. The fraction of sp³-hybridized carbons (Fsp3) is 1.00. The summed E-state index contributed by atoms with van der Waals surface area (Å²) >= 11 is 0. The van der Waals surface area contributed by atoms with Crippen molar-refractivity contribution in [2.75, 3.05) is 19.6 Å². The molecule has 0 aliphatic carbocycles. The Morgan fingerprint density at radius 3 is 0.960 bits per heavy atom. The third-order valence-electron chi connectivity index (χ3n) is 6.18. The van der Waals surface area contributed by atoms with Crippen molar-refractivity contribution in [1.29, 1.82) is 0 Å². The Morgan fingerprint density at radius 2 is 0.760 bits per heavy atom. The van der Waals surface area contributed by atoms with Gasteiger partial charge in [0.1, 0.15) is 0 Å². The zero-order valence-electron chi connectivity index (χ0n) is 18.8. The van der Waals surface area contributed by atoms with Crippen LogP contribution < -0.4 is 0 Å². The molecule has 0 radical (unpaired) electrons. The van der Waals surface area contributed by atoms with Gasteiger partial charge in [0, 0.05) is 19.6 Å². The molecule has 0 saturated heterocycles. The van der Waals surface area contributed by atoms with Crippen LogP contribution in [0, 0.1) is 17.8 Å². The minimum absolute atomic E-state index is 0.910. The van der Waals surface area contributed by atoms with Crippen molar-refractivity contribution in [3.05, 3.63) is 0 Å². The number of hydrogen-bond acceptors (Lipinski definition) is 1. The Balaban J connectivity index is 4.80. The topological polar surface area (TPSA) is 3.24 Å². The lowest BCUT2D eigenvalue weighted by Crippen LogP contribution is -2.37. The maximum atomic E-state index is 2.89. The van der Waals surface area contributed by atoms with E-state index in [9.17, 15) is 0 Å². The first kappa shape index (κ1) is 25.0. The van der Waals surface area contributed by atoms with Gasteiger partial charge in [0.2, 0.25) is 0 Å². The van der Waals surface area contributed by atoms with E-state index in [1.807, 2.05) is 0 Å². The van der Waals surface area contributed by atoms with Gasteiger partial charge in [-0.05, 0) is 37.0 Å². The van der Waals surface area contributed by atoms with Crippen LogP contribution in [-0.2, 0) is 0 Å². The van der Waals surface area contributed by atoms with Crippen LogP contribution in [0.4, 0.5) is 0 Å². The Hall–Kier alpha value is -0.0400. The van der Waals surface area contributed by atoms with Crippen molar-refractivity contribution >= 4 is 0 Å². The lowest BCUT2D eigenvalue weighted by molar-refractivity contribution is 0.152. The lowest BCUT2D eigenvalue weighted by Gasteiger charge is -2.33. The molecule has 0 aromatic rings. The predicted octanol–water partition coefficient (Wildman–Crippen LogP) is 7.94. The van der Waals surface area contributed by atoms with Crippen LogP contribution in [-0.4, -0.2) is 24.5 Å². The second kappa shape index (κ2) is 17.4. The van der Waals surface area contributed by atoms with Crippen molar-refractivity contribution in [3.8, 4) is 0 Å². The number of rotatable bonds is 18. The molecule has 1 nitrogen and oxygen atoms in total. The molecule has 25 heavy (non-hydrogen) atoms. The normalized spacial score (nSPS) is 15.5. The minimum atomic E-state index is 0.910. The molecule has 1 heteroatoms. The molecule has 0 amide bonds. The molecule has 0 spiro atoms. The van der Waals surface area contributed by atoms with E-state index in [-0.39, 0.29) is 0 Å². The quantitative estimate of drug-likeness (QED) is 0.242. The van der Waals surface area contributed by atoms with E-state index in [1.165, 1.54) is 96.7 Å². The molecule has 0 saturated carbocycles. The van der Waals surface area contributed by atoms with Gasteiger partial charge in [0.15, 0.2) is 0 Å². The number of unbranched alkanes of at least 4 members (excludes halogenated alkanes) is 3. The highest BCUT2D eigenvalue weighted by molar-refractivity contribution is 4.73. The second-order valence-corrected chi connectivity index (χ2v) is 8.47. The van der Waals surface area contributed by atoms with E-state index in [4.69, 9.17) is 0 Å². The standard InChI is InChI=1S/C24H51N/c1-7-13-16-22(10-4)19-25(20-23(11-5)17-14-8-2)21-24(12-6)18-15-9-3/h22-24H,7-21H2,1-6H3/t22-,23-,24-/m0/s1. The Labute approximate surface area is 161 Å². The van der Waals surface area contributed by atoms with Gasteiger partial charge >= 0.3 is 0 Å². The number of nitrogens with zero attached hydrogens (tertiary/aromatic N) is 1. The summed E-state index contributed by atoms with van der Waals surface area (Å²) in [4.78, 5) is 2.89. The second-order valence-electron chi connectivity index (χ2n) is 8.47. The molecule has 0 bridgehead atoms. The molecule has 152 valence electrons. The summed E-state index contributed by atoms with van der Waals surface area (Å²) in [6.45, 7) is 18.3. The lowest BCUT2D eigenvalue weighted by atomic mass is 9.93. The zero-order valence-corrected chi connectivity index (χ0v) is 18.8. The highest BCUT2D eigenvalue weighted by atomic mass is 15.1. The van der Waals surface area contributed by atoms with Crippen LogP contribution in [0.5, 0.6) is 0 Å². The van der Waals surface area contributed by atoms with Gasteiger partial charge in [-0.15, -0.1) is 0 Å². The van der Waals surface area contributed by atoms with Crippen LogP contribution >= 0.6 is 0 Å². The van der Waals surface area contributed by atoms with E-state index in [1.54, 1.807) is 0 Å². The molecule has 0 unspecified atom stereocenters. The summed E-state index contributed by atoms with van der Waals surface area (Å²) in [5.41, 5.74) is 0. The van der Waals surface area contributed by atoms with Crippen LogP contribution in [0.15, 0.2) is 0 Å². The van der Waals surface area contributed by atoms with Crippen LogP contribution in [0.2, 0.25) is 0 Å². The predicted molar refractivity (Wildman–Crippen MR) is 116 cm³/mol. The molecular weight excluding hydrogens is 302 g/mol. The fourth-order valence-corrected chi connectivity index (χ4v) is 4.07. The molecule has 0 aliphatic heterocycles. The van der Waals surface area contributed by atoms with E-state index >= 15 is 0 Å². The molecule has 0 heterocycles. The van der Waals surface area contributed by atoms with Crippen molar-refractivity contribution in [2.45, 2.75) is 119 Å². The van der Waals surface area contributed by atoms with Gasteiger partial charge in [-0.25, -0.2) is 0 Å². The van der Waals surface area contributed by atoms with Gasteiger partial charge < -0.3 is 4.90 Å². The molecule has 0 rings (SSSR count). The van der Waals surface area contributed by atoms with Crippen LogP contribution in [0.3, 0.4) is 0 Å². The molecule has 0 N–H and O–H groups in total. The summed E-state index contributed by atoms with van der Waals surface area (Å²) in [7, 11) is 0.